The molecule has 0 radical (unpaired) electrons. The van der Waals surface area contributed by atoms with Gasteiger partial charge < -0.3 is 14.8 Å². The standard InChI is InChI=1S/C17H19NO3S.C2H6.H2/c1-18-17(19)13-9-14(20-2)16(15(10-13)21-3)22-11-12-7-5-4-6-8-12;1-2;/h4-10H,11H2,1-3H3,(H,18,19);1-2H3;1H. The third-order valence-corrected chi connectivity index (χ3v) is 4.34. The normalized spacial score (nSPS) is 9.54. The highest BCUT2D eigenvalue weighted by Crippen LogP contribution is 2.40. The van der Waals surface area contributed by atoms with Crippen LogP contribution in [0.2, 0.25) is 0 Å². The Balaban J connectivity index is 0.00000185. The van der Waals surface area contributed by atoms with Crippen LogP contribution in [0.3, 0.4) is 0 Å². The number of carbonyl (C=O) groups excluding carboxylic acids is 1. The third kappa shape index (κ3) is 5.20. The molecule has 0 spiro atoms. The van der Waals surface area contributed by atoms with Gasteiger partial charge in [0.2, 0.25) is 0 Å². The van der Waals surface area contributed by atoms with Gasteiger partial charge in [0.1, 0.15) is 11.5 Å². The summed E-state index contributed by atoms with van der Waals surface area (Å²) in [5.74, 6) is 1.90. The van der Waals surface area contributed by atoms with E-state index in [1.54, 1.807) is 45.2 Å². The zero-order chi connectivity index (χ0) is 17.9. The first-order chi connectivity index (χ1) is 11.7. The average molecular weight is 349 g/mol. The van der Waals surface area contributed by atoms with Crippen molar-refractivity contribution in [1.82, 2.24) is 5.32 Å². The number of rotatable bonds is 6. The lowest BCUT2D eigenvalue weighted by molar-refractivity contribution is 0.0962. The van der Waals surface area contributed by atoms with Crippen LogP contribution in [-0.4, -0.2) is 27.2 Å². The van der Waals surface area contributed by atoms with E-state index in [1.807, 2.05) is 32.0 Å². The van der Waals surface area contributed by atoms with E-state index in [0.29, 0.717) is 17.1 Å². The topological polar surface area (TPSA) is 47.6 Å². The predicted molar refractivity (Wildman–Crippen MR) is 102 cm³/mol. The maximum absolute atomic E-state index is 11.8. The van der Waals surface area contributed by atoms with Crippen LogP contribution in [0.4, 0.5) is 0 Å². The molecule has 132 valence electrons. The monoisotopic (exact) mass is 349 g/mol. The number of hydrogen-bond acceptors (Lipinski definition) is 4. The summed E-state index contributed by atoms with van der Waals surface area (Å²) >= 11 is 1.62. The van der Waals surface area contributed by atoms with E-state index in [1.165, 1.54) is 5.56 Å². The molecule has 24 heavy (non-hydrogen) atoms. The van der Waals surface area contributed by atoms with Gasteiger partial charge in [0.15, 0.2) is 0 Å². The molecule has 4 nitrogen and oxygen atoms in total. The third-order valence-electron chi connectivity index (χ3n) is 3.18. The van der Waals surface area contributed by atoms with E-state index in [2.05, 4.69) is 17.4 Å². The Hall–Kier alpha value is -2.14. The van der Waals surface area contributed by atoms with E-state index in [9.17, 15) is 4.79 Å². The van der Waals surface area contributed by atoms with Crippen molar-refractivity contribution < 1.29 is 15.7 Å². The van der Waals surface area contributed by atoms with Crippen molar-refractivity contribution in [2.75, 3.05) is 21.3 Å². The molecule has 0 aliphatic heterocycles. The summed E-state index contributed by atoms with van der Waals surface area (Å²) in [4.78, 5) is 12.7. The SMILES string of the molecule is CC.CNC(=O)c1cc(OC)c(SCc2ccccc2)c(OC)c1.[HH]. The van der Waals surface area contributed by atoms with E-state index >= 15 is 0 Å². The fraction of sp³-hybridized carbons (Fsp3) is 0.316. The van der Waals surface area contributed by atoms with Crippen LogP contribution < -0.4 is 14.8 Å². The number of hydrogen-bond donors (Lipinski definition) is 1. The van der Waals surface area contributed by atoms with Crippen LogP contribution in [0.25, 0.3) is 0 Å². The van der Waals surface area contributed by atoms with Crippen molar-refractivity contribution >= 4 is 17.7 Å². The Morgan fingerprint density at radius 2 is 1.62 bits per heavy atom. The number of ether oxygens (including phenoxy) is 2. The minimum atomic E-state index is -0.170. The molecule has 2 aromatic rings. The van der Waals surface area contributed by atoms with E-state index in [4.69, 9.17) is 9.47 Å². The van der Waals surface area contributed by atoms with Crippen LogP contribution in [-0.2, 0) is 5.75 Å². The van der Waals surface area contributed by atoms with Gasteiger partial charge in [0.25, 0.3) is 5.91 Å². The molecule has 0 bridgehead atoms. The minimum Gasteiger partial charge on any atom is -0.495 e. The molecule has 0 heterocycles. The number of nitrogens with one attached hydrogen (secondary N) is 1. The Morgan fingerprint density at radius 3 is 2.08 bits per heavy atom. The zero-order valence-corrected chi connectivity index (χ0v) is 15.7. The van der Waals surface area contributed by atoms with Gasteiger partial charge in [-0.3, -0.25) is 4.79 Å². The van der Waals surface area contributed by atoms with Crippen LogP contribution in [0.1, 0.15) is 31.2 Å². The summed E-state index contributed by atoms with van der Waals surface area (Å²) in [6, 6.07) is 13.6. The highest BCUT2D eigenvalue weighted by molar-refractivity contribution is 7.98. The summed E-state index contributed by atoms with van der Waals surface area (Å²) in [7, 11) is 4.78. The Kier molecular flexibility index (Phi) is 8.79. The number of carbonyl (C=O) groups is 1. The molecule has 2 aromatic carbocycles. The van der Waals surface area contributed by atoms with Crippen LogP contribution in [0, 0.1) is 0 Å². The summed E-state index contributed by atoms with van der Waals surface area (Å²) in [6.45, 7) is 4.00. The molecule has 0 aliphatic rings. The quantitative estimate of drug-likeness (QED) is 0.773. The van der Waals surface area contributed by atoms with Crippen LogP contribution in [0.5, 0.6) is 11.5 Å². The van der Waals surface area contributed by atoms with Crippen molar-refractivity contribution in [1.29, 1.82) is 0 Å². The fourth-order valence-electron chi connectivity index (χ4n) is 2.03. The van der Waals surface area contributed by atoms with Gasteiger partial charge in [-0.25, -0.2) is 0 Å². The molecule has 0 aromatic heterocycles. The molecular formula is C19H27NO3S. The maximum Gasteiger partial charge on any atom is 0.251 e. The predicted octanol–water partition coefficient (Wildman–Crippen LogP) is 4.63. The second-order valence-corrected chi connectivity index (χ2v) is 5.55. The largest absolute Gasteiger partial charge is 0.495 e. The first-order valence-electron chi connectivity index (χ1n) is 7.84. The lowest BCUT2D eigenvalue weighted by Crippen LogP contribution is -2.18. The van der Waals surface area contributed by atoms with Gasteiger partial charge in [-0.1, -0.05) is 44.2 Å². The van der Waals surface area contributed by atoms with Gasteiger partial charge in [0.05, 0.1) is 19.1 Å². The number of thioether (sulfide) groups is 1. The average Bonchev–Trinajstić information content (AvgIpc) is 2.67. The smallest absolute Gasteiger partial charge is 0.251 e. The van der Waals surface area contributed by atoms with Gasteiger partial charge in [-0.15, -0.1) is 11.8 Å². The molecule has 0 aliphatic carbocycles. The Labute approximate surface area is 150 Å². The zero-order valence-electron chi connectivity index (χ0n) is 14.9. The number of benzene rings is 2. The van der Waals surface area contributed by atoms with Crippen molar-refractivity contribution in [2.24, 2.45) is 0 Å². The number of methoxy groups -OCH3 is 2. The summed E-state index contributed by atoms with van der Waals surface area (Å²) in [5, 5.41) is 2.60. The van der Waals surface area contributed by atoms with Crippen molar-refractivity contribution in [3.8, 4) is 11.5 Å². The van der Waals surface area contributed by atoms with Crippen molar-refractivity contribution in [3.05, 3.63) is 53.6 Å². The van der Waals surface area contributed by atoms with Crippen LogP contribution >= 0.6 is 11.8 Å². The van der Waals surface area contributed by atoms with Gasteiger partial charge in [-0.2, -0.15) is 0 Å². The molecule has 2 rings (SSSR count). The highest BCUT2D eigenvalue weighted by Gasteiger charge is 2.16. The Bertz CT molecular complexity index is 625. The molecule has 1 amide bonds. The van der Waals surface area contributed by atoms with Gasteiger partial charge in [-0.05, 0) is 17.7 Å². The second-order valence-electron chi connectivity index (χ2n) is 4.56. The fourth-order valence-corrected chi connectivity index (χ4v) is 3.10. The van der Waals surface area contributed by atoms with Crippen molar-refractivity contribution in [3.63, 3.8) is 0 Å². The summed E-state index contributed by atoms with van der Waals surface area (Å²) in [6.07, 6.45) is 0. The van der Waals surface area contributed by atoms with Crippen molar-refractivity contribution in [2.45, 2.75) is 24.5 Å². The minimum absolute atomic E-state index is 0. The molecule has 5 heteroatoms. The van der Waals surface area contributed by atoms with E-state index in [-0.39, 0.29) is 7.33 Å². The van der Waals surface area contributed by atoms with Gasteiger partial charge >= 0.3 is 0 Å². The number of amides is 1. The molecular weight excluding hydrogens is 322 g/mol. The summed E-state index contributed by atoms with van der Waals surface area (Å²) < 4.78 is 10.9. The maximum atomic E-state index is 11.8. The molecule has 1 N–H and O–H groups in total. The molecule has 0 atom stereocenters. The first kappa shape index (κ1) is 19.9. The van der Waals surface area contributed by atoms with E-state index in [0.717, 1.165) is 10.6 Å². The lowest BCUT2D eigenvalue weighted by atomic mass is 10.2. The first-order valence-corrected chi connectivity index (χ1v) is 8.83. The summed E-state index contributed by atoms with van der Waals surface area (Å²) in [5.41, 5.74) is 1.73. The lowest BCUT2D eigenvalue weighted by Gasteiger charge is -2.14. The van der Waals surface area contributed by atoms with E-state index < -0.39 is 0 Å². The molecule has 0 fully saturated rings. The molecule has 0 saturated heterocycles. The highest BCUT2D eigenvalue weighted by atomic mass is 32.2. The molecule has 0 unspecified atom stereocenters. The second kappa shape index (κ2) is 10.6. The van der Waals surface area contributed by atoms with Gasteiger partial charge in [0, 0.05) is 19.8 Å². The van der Waals surface area contributed by atoms with Crippen LogP contribution in [0.15, 0.2) is 47.4 Å². The molecule has 0 saturated carbocycles. The Morgan fingerprint density at radius 1 is 1.08 bits per heavy atom.